The van der Waals surface area contributed by atoms with Crippen LogP contribution in [-0.4, -0.2) is 57.7 Å². The number of anilines is 1. The summed E-state index contributed by atoms with van der Waals surface area (Å²) in [6.45, 7) is 2.88. The average Bonchev–Trinajstić information content (AvgIpc) is 2.67. The molecule has 7 nitrogen and oxygen atoms in total. The Hall–Kier alpha value is -2.71. The Labute approximate surface area is 188 Å². The Morgan fingerprint density at radius 2 is 1.81 bits per heavy atom. The van der Waals surface area contributed by atoms with Gasteiger partial charge in [0.1, 0.15) is 6.54 Å². The molecule has 4 rings (SSSR count). The minimum absolute atomic E-state index is 0.0244. The van der Waals surface area contributed by atoms with Crippen molar-refractivity contribution in [1.82, 2.24) is 14.8 Å². The quantitative estimate of drug-likeness (QED) is 0.699. The molecule has 2 aliphatic heterocycles. The molecule has 0 radical (unpaired) electrons. The van der Waals surface area contributed by atoms with Crippen LogP contribution in [0.25, 0.3) is 0 Å². The van der Waals surface area contributed by atoms with Gasteiger partial charge < -0.3 is 9.80 Å². The van der Waals surface area contributed by atoms with Crippen molar-refractivity contribution in [3.05, 3.63) is 58.0 Å². The van der Waals surface area contributed by atoms with Gasteiger partial charge in [0, 0.05) is 18.1 Å². The van der Waals surface area contributed by atoms with Gasteiger partial charge in [-0.1, -0.05) is 35.3 Å². The summed E-state index contributed by atoms with van der Waals surface area (Å²) in [4.78, 5) is 46.7. The van der Waals surface area contributed by atoms with Crippen LogP contribution >= 0.6 is 23.2 Å². The highest BCUT2D eigenvalue weighted by atomic mass is 35.5. The van der Waals surface area contributed by atoms with Gasteiger partial charge in [0.2, 0.25) is 11.8 Å². The van der Waals surface area contributed by atoms with Crippen LogP contribution in [0.3, 0.4) is 0 Å². The molecule has 3 amide bonds. The van der Waals surface area contributed by atoms with E-state index in [4.69, 9.17) is 23.2 Å². The van der Waals surface area contributed by atoms with Crippen molar-refractivity contribution in [2.75, 3.05) is 24.5 Å². The number of nitrogens with zero attached hydrogens (tertiary/aromatic N) is 4. The lowest BCUT2D eigenvalue weighted by atomic mass is 9.81. The summed E-state index contributed by atoms with van der Waals surface area (Å²) in [7, 11) is 0. The first-order valence-corrected chi connectivity index (χ1v) is 10.4. The van der Waals surface area contributed by atoms with Crippen molar-refractivity contribution >= 4 is 46.7 Å². The number of carbonyl (C=O) groups is 3. The molecular weight excluding hydrogens is 446 g/mol. The second kappa shape index (κ2) is 7.76. The highest BCUT2D eigenvalue weighted by Gasteiger charge is 2.62. The molecule has 2 aromatic rings. The van der Waals surface area contributed by atoms with Crippen LogP contribution in [0.5, 0.6) is 0 Å². The first kappa shape index (κ1) is 21.5. The monoisotopic (exact) mass is 464 g/mol. The molecule has 1 aromatic carbocycles. The smallest absolute Gasteiger partial charge is 0.258 e. The highest BCUT2D eigenvalue weighted by molar-refractivity contribution is 6.30. The second-order valence-corrected chi connectivity index (χ2v) is 8.62. The van der Waals surface area contributed by atoms with Crippen LogP contribution in [-0.2, 0) is 14.4 Å². The maximum Gasteiger partial charge on any atom is 0.258 e. The lowest BCUT2D eigenvalue weighted by molar-refractivity contribution is -0.172. The minimum Gasteiger partial charge on any atom is -0.337 e. The van der Waals surface area contributed by atoms with Gasteiger partial charge >= 0.3 is 0 Å². The zero-order valence-electron chi connectivity index (χ0n) is 16.8. The topological polar surface area (TPSA) is 73.8 Å². The van der Waals surface area contributed by atoms with Gasteiger partial charge in [0.05, 0.1) is 24.2 Å². The fourth-order valence-electron chi connectivity index (χ4n) is 4.23. The lowest BCUT2D eigenvalue weighted by Gasteiger charge is -2.59. The van der Waals surface area contributed by atoms with Crippen molar-refractivity contribution in [2.24, 2.45) is 0 Å². The summed E-state index contributed by atoms with van der Waals surface area (Å²) < 4.78 is 14.5. The third kappa shape index (κ3) is 3.53. The van der Waals surface area contributed by atoms with Crippen molar-refractivity contribution in [3.63, 3.8) is 0 Å². The number of hydrogen-bond acceptors (Lipinski definition) is 4. The summed E-state index contributed by atoms with van der Waals surface area (Å²) in [5.74, 6) is -2.13. The molecule has 0 saturated carbocycles. The number of rotatable bonds is 3. The molecule has 2 aliphatic rings. The van der Waals surface area contributed by atoms with Gasteiger partial charge in [0.25, 0.3) is 5.91 Å². The van der Waals surface area contributed by atoms with E-state index in [9.17, 15) is 18.8 Å². The maximum absolute atomic E-state index is 14.5. The van der Waals surface area contributed by atoms with E-state index >= 15 is 0 Å². The van der Waals surface area contributed by atoms with Crippen molar-refractivity contribution in [1.29, 1.82) is 0 Å². The standard InChI is InChI=1S/C21H19Cl2FN4O3/c1-12(14-3-5-15(22)6-4-14)28-18(30)9-27(19-17(24)7-16(23)8-25-19)20(31)21(28)10-26(11-21)13(2)29/h3-8,12H,9-11H2,1-2H3/t12-/m0/s1. The third-order valence-corrected chi connectivity index (χ3v) is 6.26. The SMILES string of the molecule is CC(=O)N1CC2(C1)C(=O)N(c1ncc(Cl)cc1F)CC(=O)N2[C@@H](C)c1ccc(Cl)cc1. The van der Waals surface area contributed by atoms with Gasteiger partial charge in [-0.3, -0.25) is 19.3 Å². The van der Waals surface area contributed by atoms with Gasteiger partial charge in [-0.25, -0.2) is 9.37 Å². The first-order valence-electron chi connectivity index (χ1n) is 9.60. The van der Waals surface area contributed by atoms with Gasteiger partial charge in [0.15, 0.2) is 17.2 Å². The van der Waals surface area contributed by atoms with Crippen LogP contribution in [0.1, 0.15) is 25.5 Å². The van der Waals surface area contributed by atoms with Crippen molar-refractivity contribution < 1.29 is 18.8 Å². The predicted octanol–water partition coefficient (Wildman–Crippen LogP) is 3.06. The largest absolute Gasteiger partial charge is 0.337 e. The van der Waals surface area contributed by atoms with E-state index in [1.54, 1.807) is 24.3 Å². The predicted molar refractivity (Wildman–Crippen MR) is 113 cm³/mol. The Morgan fingerprint density at radius 1 is 1.16 bits per heavy atom. The van der Waals surface area contributed by atoms with Crippen LogP contribution in [0.4, 0.5) is 10.2 Å². The van der Waals surface area contributed by atoms with E-state index < -0.39 is 23.3 Å². The Morgan fingerprint density at radius 3 is 2.39 bits per heavy atom. The Balaban J connectivity index is 1.75. The molecule has 2 fully saturated rings. The number of aromatic nitrogens is 1. The number of likely N-dealkylation sites (tertiary alicyclic amines) is 1. The van der Waals surface area contributed by atoms with Gasteiger partial charge in [-0.05, 0) is 30.7 Å². The normalized spacial score (nSPS) is 18.9. The molecule has 0 aliphatic carbocycles. The van der Waals surface area contributed by atoms with Crippen LogP contribution in [0, 0.1) is 5.82 Å². The second-order valence-electron chi connectivity index (χ2n) is 7.75. The van der Waals surface area contributed by atoms with Crippen molar-refractivity contribution in [3.8, 4) is 0 Å². The zero-order chi connectivity index (χ0) is 22.5. The molecule has 0 bridgehead atoms. The molecular formula is C21H19Cl2FN4O3. The van der Waals surface area contributed by atoms with Crippen LogP contribution < -0.4 is 4.90 Å². The number of amides is 3. The van der Waals surface area contributed by atoms with Crippen LogP contribution in [0.2, 0.25) is 10.0 Å². The molecule has 3 heterocycles. The van der Waals surface area contributed by atoms with E-state index in [1.165, 1.54) is 22.9 Å². The van der Waals surface area contributed by atoms with Gasteiger partial charge in [-0.2, -0.15) is 0 Å². The molecule has 0 N–H and O–H groups in total. The van der Waals surface area contributed by atoms with Gasteiger partial charge in [-0.15, -0.1) is 0 Å². The van der Waals surface area contributed by atoms with E-state index in [0.29, 0.717) is 5.02 Å². The van der Waals surface area contributed by atoms with E-state index in [0.717, 1.165) is 16.5 Å². The molecule has 1 spiro atoms. The molecule has 2 saturated heterocycles. The summed E-state index contributed by atoms with van der Waals surface area (Å²) in [6, 6.07) is 7.56. The summed E-state index contributed by atoms with van der Waals surface area (Å²) in [5.41, 5.74) is -0.524. The number of pyridine rings is 1. The Kier molecular flexibility index (Phi) is 5.39. The number of piperazine rings is 1. The third-order valence-electron chi connectivity index (χ3n) is 5.80. The maximum atomic E-state index is 14.5. The molecule has 0 unspecified atom stereocenters. The van der Waals surface area contributed by atoms with E-state index in [-0.39, 0.29) is 42.3 Å². The number of halogens is 3. The number of benzene rings is 1. The molecule has 162 valence electrons. The summed E-state index contributed by atoms with van der Waals surface area (Å²) in [5, 5.41) is 0.629. The fourth-order valence-corrected chi connectivity index (χ4v) is 4.50. The van der Waals surface area contributed by atoms with E-state index in [1.807, 2.05) is 6.92 Å². The van der Waals surface area contributed by atoms with Crippen molar-refractivity contribution in [2.45, 2.75) is 25.4 Å². The Bertz CT molecular complexity index is 1070. The summed E-state index contributed by atoms with van der Waals surface area (Å²) in [6.07, 6.45) is 1.22. The molecule has 31 heavy (non-hydrogen) atoms. The van der Waals surface area contributed by atoms with E-state index in [2.05, 4.69) is 4.98 Å². The fraction of sp³-hybridized carbons (Fsp3) is 0.333. The highest BCUT2D eigenvalue weighted by Crippen LogP contribution is 2.41. The molecule has 1 atom stereocenters. The minimum atomic E-state index is -1.31. The number of carbonyl (C=O) groups excluding carboxylic acids is 3. The molecule has 1 aromatic heterocycles. The first-order chi connectivity index (χ1) is 14.6. The van der Waals surface area contributed by atoms with Crippen LogP contribution in [0.15, 0.2) is 36.5 Å². The summed E-state index contributed by atoms with van der Waals surface area (Å²) >= 11 is 11.8. The lowest BCUT2D eigenvalue weighted by Crippen LogP contribution is -2.81. The molecule has 10 heteroatoms. The number of hydrogen-bond donors (Lipinski definition) is 0. The zero-order valence-corrected chi connectivity index (χ0v) is 18.3. The average molecular weight is 465 g/mol.